The molecule has 0 spiro atoms. The summed E-state index contributed by atoms with van der Waals surface area (Å²) < 4.78 is 0. The Morgan fingerprint density at radius 2 is 1.62 bits per heavy atom. The van der Waals surface area contributed by atoms with Crippen molar-refractivity contribution in [2.45, 2.75) is 72.6 Å². The Bertz CT molecular complexity index is 1180. The molecule has 4 rings (SSSR count). The average molecular weight is 382 g/mol. The summed E-state index contributed by atoms with van der Waals surface area (Å²) in [6, 6.07) is 9.38. The molecule has 0 bridgehead atoms. The first-order valence-corrected chi connectivity index (χ1v) is 10.8. The minimum Gasteiger partial charge on any atom is -0.0801 e. The number of benzene rings is 2. The molecule has 0 unspecified atom stereocenters. The van der Waals surface area contributed by atoms with Gasteiger partial charge in [0, 0.05) is 0 Å². The van der Waals surface area contributed by atoms with Crippen LogP contribution in [0.15, 0.2) is 42.5 Å². The summed E-state index contributed by atoms with van der Waals surface area (Å²) in [5.74, 6) is 0. The normalized spacial score (nSPS) is 15.1. The Kier molecular flexibility index (Phi) is 4.53. The smallest absolute Gasteiger partial charge is 0.000731 e. The number of fused-ring (bicyclic) bond motifs is 3. The number of rotatable bonds is 1. The van der Waals surface area contributed by atoms with Gasteiger partial charge in [-0.25, -0.2) is 0 Å². The molecule has 0 heterocycles. The van der Waals surface area contributed by atoms with Crippen molar-refractivity contribution in [2.75, 3.05) is 0 Å². The molecule has 0 nitrogen and oxygen atoms in total. The minimum absolute atomic E-state index is 0.0629. The average Bonchev–Trinajstić information content (AvgIpc) is 3.25. The van der Waals surface area contributed by atoms with Crippen LogP contribution >= 0.6 is 0 Å². The van der Waals surface area contributed by atoms with Crippen LogP contribution in [-0.2, 0) is 10.8 Å². The van der Waals surface area contributed by atoms with Gasteiger partial charge in [0.05, 0.1) is 0 Å². The van der Waals surface area contributed by atoms with E-state index in [1.165, 1.54) is 55.0 Å². The van der Waals surface area contributed by atoms with E-state index in [9.17, 15) is 0 Å². The van der Waals surface area contributed by atoms with Crippen LogP contribution in [0.25, 0.3) is 28.3 Å². The summed E-state index contributed by atoms with van der Waals surface area (Å²) in [6.45, 7) is 18.4. The summed E-state index contributed by atoms with van der Waals surface area (Å²) in [7, 11) is 0. The van der Waals surface area contributed by atoms with Gasteiger partial charge in [0.1, 0.15) is 0 Å². The Morgan fingerprint density at radius 1 is 0.897 bits per heavy atom. The van der Waals surface area contributed by atoms with Crippen molar-refractivity contribution in [3.8, 4) is 11.1 Å². The van der Waals surface area contributed by atoms with Gasteiger partial charge in [0.15, 0.2) is 0 Å². The van der Waals surface area contributed by atoms with Crippen molar-refractivity contribution in [2.24, 2.45) is 0 Å². The Balaban J connectivity index is 2.13. The van der Waals surface area contributed by atoms with E-state index < -0.39 is 0 Å². The SMILES string of the molecule is CC(C)=c1cc2c(c(C3=CC=CC3)c1C(C)(C)C)=[C]c1cc(C(C)(C)C)ccc1-2. The minimum atomic E-state index is 0.0629. The second-order valence-corrected chi connectivity index (χ2v) is 10.8. The van der Waals surface area contributed by atoms with Crippen LogP contribution in [0.2, 0.25) is 0 Å². The third-order valence-electron chi connectivity index (χ3n) is 6.14. The fourth-order valence-electron chi connectivity index (χ4n) is 4.64. The zero-order chi connectivity index (χ0) is 21.1. The lowest BCUT2D eigenvalue weighted by Crippen LogP contribution is -2.31. The van der Waals surface area contributed by atoms with Crippen molar-refractivity contribution in [3.05, 3.63) is 75.2 Å². The first kappa shape index (κ1) is 20.0. The molecule has 0 fully saturated rings. The highest BCUT2D eigenvalue weighted by molar-refractivity contribution is 5.89. The number of hydrogen-bond acceptors (Lipinski definition) is 0. The van der Waals surface area contributed by atoms with Crippen LogP contribution in [0.5, 0.6) is 0 Å². The van der Waals surface area contributed by atoms with Gasteiger partial charge in [-0.05, 0) is 98.7 Å². The van der Waals surface area contributed by atoms with E-state index in [4.69, 9.17) is 0 Å². The highest BCUT2D eigenvalue weighted by atomic mass is 14.3. The molecule has 29 heavy (non-hydrogen) atoms. The quantitative estimate of drug-likeness (QED) is 0.451. The topological polar surface area (TPSA) is 0 Å². The summed E-state index contributed by atoms with van der Waals surface area (Å²) in [5.41, 5.74) is 11.1. The molecule has 0 amide bonds. The molecule has 0 saturated carbocycles. The van der Waals surface area contributed by atoms with Crippen molar-refractivity contribution >= 4 is 17.2 Å². The predicted octanol–water partition coefficient (Wildman–Crippen LogP) is 6.50. The molecule has 0 atom stereocenters. The molecular formula is C29H33. The van der Waals surface area contributed by atoms with E-state index in [0.29, 0.717) is 0 Å². The van der Waals surface area contributed by atoms with Crippen LogP contribution < -0.4 is 10.4 Å². The second kappa shape index (κ2) is 6.59. The molecule has 2 aromatic carbocycles. The summed E-state index contributed by atoms with van der Waals surface area (Å²) in [4.78, 5) is 0. The van der Waals surface area contributed by atoms with Gasteiger partial charge < -0.3 is 0 Å². The Labute approximate surface area is 176 Å². The van der Waals surface area contributed by atoms with Gasteiger partial charge in [-0.1, -0.05) is 77.5 Å². The van der Waals surface area contributed by atoms with Crippen molar-refractivity contribution in [1.29, 1.82) is 0 Å². The second-order valence-electron chi connectivity index (χ2n) is 10.8. The van der Waals surface area contributed by atoms with Crippen molar-refractivity contribution < 1.29 is 0 Å². The molecule has 2 aliphatic carbocycles. The molecule has 0 heteroatoms. The standard InChI is InChI=1S/C29H33/c1-18(2)23-17-24-22-14-13-21(28(3,4)5)15-20(22)16-25(24)26(19-11-9-10-12-19)27(23)29(6,7)8/h9-11,13-15,17H,12H2,1-8H3. The van der Waals surface area contributed by atoms with E-state index in [1.54, 1.807) is 0 Å². The molecule has 149 valence electrons. The van der Waals surface area contributed by atoms with Crippen LogP contribution in [0.1, 0.15) is 84.1 Å². The van der Waals surface area contributed by atoms with Crippen molar-refractivity contribution in [3.63, 3.8) is 0 Å². The van der Waals surface area contributed by atoms with Crippen LogP contribution in [0.4, 0.5) is 0 Å². The maximum absolute atomic E-state index is 3.84. The van der Waals surface area contributed by atoms with Crippen LogP contribution in [-0.4, -0.2) is 0 Å². The highest BCUT2D eigenvalue weighted by Gasteiger charge is 2.27. The van der Waals surface area contributed by atoms with E-state index in [1.807, 2.05) is 0 Å². The highest BCUT2D eigenvalue weighted by Crippen LogP contribution is 2.36. The lowest BCUT2D eigenvalue weighted by atomic mass is 9.77. The molecule has 2 aromatic rings. The molecule has 2 aliphatic rings. The summed E-state index contributed by atoms with van der Waals surface area (Å²) >= 11 is 0. The van der Waals surface area contributed by atoms with E-state index in [-0.39, 0.29) is 10.8 Å². The number of allylic oxidation sites excluding steroid dienone is 4. The number of hydrogen-bond donors (Lipinski definition) is 0. The van der Waals surface area contributed by atoms with Gasteiger partial charge in [-0.15, -0.1) is 0 Å². The Hall–Kier alpha value is -2.34. The van der Waals surface area contributed by atoms with Crippen LogP contribution in [0.3, 0.4) is 0 Å². The van der Waals surface area contributed by atoms with E-state index in [0.717, 1.165) is 6.42 Å². The zero-order valence-electron chi connectivity index (χ0n) is 19.2. The van der Waals surface area contributed by atoms with Crippen LogP contribution in [0, 0.1) is 0 Å². The molecular weight excluding hydrogens is 348 g/mol. The summed E-state index contributed by atoms with van der Waals surface area (Å²) in [5, 5.41) is 2.68. The van der Waals surface area contributed by atoms with E-state index >= 15 is 0 Å². The maximum Gasteiger partial charge on any atom is -0.000731 e. The monoisotopic (exact) mass is 381 g/mol. The van der Waals surface area contributed by atoms with Gasteiger partial charge >= 0.3 is 0 Å². The maximum atomic E-state index is 3.84. The fraction of sp³-hybridized carbons (Fsp3) is 0.379. The summed E-state index contributed by atoms with van der Waals surface area (Å²) in [6.07, 6.45) is 11.6. The Morgan fingerprint density at radius 3 is 2.17 bits per heavy atom. The lowest BCUT2D eigenvalue weighted by molar-refractivity contribution is 0.583. The van der Waals surface area contributed by atoms with Gasteiger partial charge in [-0.2, -0.15) is 0 Å². The van der Waals surface area contributed by atoms with Gasteiger partial charge in [-0.3, -0.25) is 0 Å². The lowest BCUT2D eigenvalue weighted by Gasteiger charge is -2.26. The van der Waals surface area contributed by atoms with Gasteiger partial charge in [0.25, 0.3) is 0 Å². The fourth-order valence-corrected chi connectivity index (χ4v) is 4.64. The predicted molar refractivity (Wildman–Crippen MR) is 128 cm³/mol. The van der Waals surface area contributed by atoms with Gasteiger partial charge in [0.2, 0.25) is 0 Å². The first-order valence-electron chi connectivity index (χ1n) is 10.8. The molecule has 0 aliphatic heterocycles. The first-order chi connectivity index (χ1) is 13.5. The van der Waals surface area contributed by atoms with Crippen molar-refractivity contribution in [1.82, 2.24) is 0 Å². The molecule has 0 aromatic heterocycles. The molecule has 0 N–H and O–H groups in total. The van der Waals surface area contributed by atoms with E-state index in [2.05, 4.69) is 104 Å². The molecule has 0 saturated heterocycles. The largest absolute Gasteiger partial charge is 0.0801 e. The third kappa shape index (κ3) is 3.33. The zero-order valence-corrected chi connectivity index (χ0v) is 19.2. The third-order valence-corrected chi connectivity index (χ3v) is 6.14. The molecule has 1 radical (unpaired) electrons.